The molecule has 0 aliphatic heterocycles. The number of anilines is 1. The lowest BCUT2D eigenvalue weighted by Gasteiger charge is -2.39. The van der Waals surface area contributed by atoms with Gasteiger partial charge in [-0.05, 0) is 43.7 Å². The fourth-order valence-electron chi connectivity index (χ4n) is 3.11. The number of rotatable bonds is 4. The van der Waals surface area contributed by atoms with Crippen LogP contribution in [0, 0.1) is 11.3 Å². The third kappa shape index (κ3) is 3.21. The number of ether oxygens (including phenoxy) is 1. The summed E-state index contributed by atoms with van der Waals surface area (Å²) < 4.78 is 5.23. The molecule has 1 aliphatic rings. The zero-order chi connectivity index (χ0) is 15.5. The molecule has 1 aromatic carbocycles. The lowest BCUT2D eigenvalue weighted by Crippen LogP contribution is -2.48. The van der Waals surface area contributed by atoms with Crippen LogP contribution < -0.4 is 15.4 Å². The van der Waals surface area contributed by atoms with Crippen LogP contribution in [0.3, 0.4) is 0 Å². The maximum Gasteiger partial charge on any atom is 0.234 e. The summed E-state index contributed by atoms with van der Waals surface area (Å²) in [4.78, 5) is 14.7. The molecule has 0 radical (unpaired) electrons. The van der Waals surface area contributed by atoms with Crippen molar-refractivity contribution in [1.29, 1.82) is 0 Å². The normalized spacial score (nSPS) is 25.4. The Kier molecular flexibility index (Phi) is 4.88. The topological polar surface area (TPSA) is 55.6 Å². The Morgan fingerprint density at radius 3 is 2.67 bits per heavy atom. The van der Waals surface area contributed by atoms with Crippen LogP contribution in [-0.2, 0) is 4.79 Å². The van der Waals surface area contributed by atoms with Crippen LogP contribution in [0.2, 0.25) is 0 Å². The lowest BCUT2D eigenvalue weighted by atomic mass is 9.70. The average Bonchev–Trinajstić information content (AvgIpc) is 2.54. The summed E-state index contributed by atoms with van der Waals surface area (Å²) in [5.41, 5.74) is 6.44. The van der Waals surface area contributed by atoms with Gasteiger partial charge in [-0.2, -0.15) is 0 Å². The van der Waals surface area contributed by atoms with Crippen molar-refractivity contribution < 1.29 is 9.53 Å². The molecule has 21 heavy (non-hydrogen) atoms. The zero-order valence-electron chi connectivity index (χ0n) is 13.3. The Morgan fingerprint density at radius 2 is 2.10 bits per heavy atom. The van der Waals surface area contributed by atoms with Crippen LogP contribution in [0.1, 0.15) is 32.6 Å². The van der Waals surface area contributed by atoms with Gasteiger partial charge in [0.25, 0.3) is 0 Å². The average molecular weight is 290 g/mol. The first kappa shape index (κ1) is 15.8. The van der Waals surface area contributed by atoms with E-state index >= 15 is 0 Å². The summed E-state index contributed by atoms with van der Waals surface area (Å²) in [5, 5.41) is 0. The summed E-state index contributed by atoms with van der Waals surface area (Å²) in [6.45, 7) is 2.67. The molecule has 0 bridgehead atoms. The van der Waals surface area contributed by atoms with Crippen molar-refractivity contribution in [2.75, 3.05) is 25.6 Å². The predicted molar refractivity (Wildman–Crippen MR) is 85.5 cm³/mol. The fourth-order valence-corrected chi connectivity index (χ4v) is 3.11. The predicted octanol–water partition coefficient (Wildman–Crippen LogP) is 2.81. The van der Waals surface area contributed by atoms with Crippen LogP contribution in [-0.4, -0.2) is 26.6 Å². The SMILES string of the molecule is COc1cccc(N(C)C(=O)C2(CN)CCC(C)CC2)c1. The number of hydrogen-bond acceptors (Lipinski definition) is 3. The van der Waals surface area contributed by atoms with Gasteiger partial charge in [0, 0.05) is 25.3 Å². The van der Waals surface area contributed by atoms with Crippen LogP contribution in [0.4, 0.5) is 5.69 Å². The molecule has 1 amide bonds. The molecule has 0 heterocycles. The van der Waals surface area contributed by atoms with Crippen molar-refractivity contribution in [3.8, 4) is 5.75 Å². The summed E-state index contributed by atoms with van der Waals surface area (Å²) in [5.74, 6) is 1.58. The highest BCUT2D eigenvalue weighted by Gasteiger charge is 2.41. The van der Waals surface area contributed by atoms with Crippen molar-refractivity contribution in [1.82, 2.24) is 0 Å². The van der Waals surface area contributed by atoms with Gasteiger partial charge in [-0.25, -0.2) is 0 Å². The number of carbonyl (C=O) groups is 1. The highest BCUT2D eigenvalue weighted by molar-refractivity contribution is 5.97. The Bertz CT molecular complexity index is 493. The number of amides is 1. The van der Waals surface area contributed by atoms with Crippen molar-refractivity contribution >= 4 is 11.6 Å². The molecule has 1 saturated carbocycles. The maximum atomic E-state index is 13.0. The first-order valence-corrected chi connectivity index (χ1v) is 7.65. The Labute approximate surface area is 127 Å². The maximum absolute atomic E-state index is 13.0. The van der Waals surface area contributed by atoms with Crippen LogP contribution in [0.25, 0.3) is 0 Å². The van der Waals surface area contributed by atoms with Gasteiger partial charge in [-0.15, -0.1) is 0 Å². The largest absolute Gasteiger partial charge is 0.497 e. The van der Waals surface area contributed by atoms with Crippen LogP contribution in [0.15, 0.2) is 24.3 Å². The van der Waals surface area contributed by atoms with Gasteiger partial charge in [-0.3, -0.25) is 4.79 Å². The molecule has 116 valence electrons. The molecule has 4 nitrogen and oxygen atoms in total. The monoisotopic (exact) mass is 290 g/mol. The second-order valence-electron chi connectivity index (χ2n) is 6.23. The first-order valence-electron chi connectivity index (χ1n) is 7.65. The van der Waals surface area contributed by atoms with E-state index in [4.69, 9.17) is 10.5 Å². The van der Waals surface area contributed by atoms with E-state index in [9.17, 15) is 4.79 Å². The number of nitrogens with two attached hydrogens (primary N) is 1. The summed E-state index contributed by atoms with van der Waals surface area (Å²) in [6, 6.07) is 7.59. The molecule has 0 saturated heterocycles. The van der Waals surface area contributed by atoms with Gasteiger partial charge in [0.05, 0.1) is 12.5 Å². The molecule has 4 heteroatoms. The minimum absolute atomic E-state index is 0.130. The van der Waals surface area contributed by atoms with E-state index in [0.717, 1.165) is 37.1 Å². The van der Waals surface area contributed by atoms with Crippen molar-refractivity contribution in [2.24, 2.45) is 17.1 Å². The van der Waals surface area contributed by atoms with E-state index < -0.39 is 5.41 Å². The van der Waals surface area contributed by atoms with Crippen molar-refractivity contribution in [3.63, 3.8) is 0 Å². The lowest BCUT2D eigenvalue weighted by molar-refractivity contribution is -0.129. The van der Waals surface area contributed by atoms with Gasteiger partial charge in [0.1, 0.15) is 5.75 Å². The molecular weight excluding hydrogens is 264 g/mol. The first-order chi connectivity index (χ1) is 10.0. The van der Waals surface area contributed by atoms with Crippen molar-refractivity contribution in [3.05, 3.63) is 24.3 Å². The number of hydrogen-bond donors (Lipinski definition) is 1. The van der Waals surface area contributed by atoms with Gasteiger partial charge in [0.2, 0.25) is 5.91 Å². The zero-order valence-corrected chi connectivity index (χ0v) is 13.3. The second-order valence-corrected chi connectivity index (χ2v) is 6.23. The van der Waals surface area contributed by atoms with Crippen LogP contribution in [0.5, 0.6) is 5.75 Å². The summed E-state index contributed by atoms with van der Waals surface area (Å²) in [6.07, 6.45) is 3.93. The number of nitrogens with zero attached hydrogens (tertiary/aromatic N) is 1. The van der Waals surface area contributed by atoms with Crippen LogP contribution >= 0.6 is 0 Å². The summed E-state index contributed by atoms with van der Waals surface area (Å²) in [7, 11) is 3.46. The van der Waals surface area contributed by atoms with Gasteiger partial charge in [-0.1, -0.05) is 13.0 Å². The Hall–Kier alpha value is -1.55. The third-order valence-corrected chi connectivity index (χ3v) is 4.82. The Morgan fingerprint density at radius 1 is 1.43 bits per heavy atom. The number of benzene rings is 1. The van der Waals surface area contributed by atoms with Gasteiger partial charge in [0.15, 0.2) is 0 Å². The molecule has 1 aromatic rings. The van der Waals surface area contributed by atoms with E-state index in [1.807, 2.05) is 31.3 Å². The quantitative estimate of drug-likeness (QED) is 0.927. The smallest absolute Gasteiger partial charge is 0.234 e. The molecule has 2 N–H and O–H groups in total. The van der Waals surface area contributed by atoms with Crippen molar-refractivity contribution in [2.45, 2.75) is 32.6 Å². The van der Waals surface area contributed by atoms with E-state index in [0.29, 0.717) is 12.5 Å². The van der Waals surface area contributed by atoms with E-state index in [1.54, 1.807) is 12.0 Å². The molecule has 1 aliphatic carbocycles. The Balaban J connectivity index is 2.20. The molecule has 0 atom stereocenters. The number of carbonyl (C=O) groups excluding carboxylic acids is 1. The van der Waals surface area contributed by atoms with E-state index in [1.165, 1.54) is 0 Å². The highest BCUT2D eigenvalue weighted by atomic mass is 16.5. The minimum atomic E-state index is -0.398. The molecule has 1 fully saturated rings. The highest BCUT2D eigenvalue weighted by Crippen LogP contribution is 2.40. The molecule has 2 rings (SSSR count). The molecule has 0 aromatic heterocycles. The second kappa shape index (κ2) is 6.48. The molecule has 0 spiro atoms. The van der Waals surface area contributed by atoms with Gasteiger partial charge < -0.3 is 15.4 Å². The fraction of sp³-hybridized carbons (Fsp3) is 0.588. The standard InChI is InChI=1S/C17H26N2O2/c1-13-7-9-17(12-18,10-8-13)16(20)19(2)14-5-4-6-15(11-14)21-3/h4-6,11,13H,7-10,12,18H2,1-3H3. The minimum Gasteiger partial charge on any atom is -0.497 e. The van der Waals surface area contributed by atoms with Gasteiger partial charge >= 0.3 is 0 Å². The number of methoxy groups -OCH3 is 1. The molecular formula is C17H26N2O2. The van der Waals surface area contributed by atoms with E-state index in [-0.39, 0.29) is 5.91 Å². The van der Waals surface area contributed by atoms with E-state index in [2.05, 4.69) is 6.92 Å². The molecule has 0 unspecified atom stereocenters. The summed E-state index contributed by atoms with van der Waals surface area (Å²) >= 11 is 0. The third-order valence-electron chi connectivity index (χ3n) is 4.82.